The normalized spacial score (nSPS) is 11.9. The molecule has 0 bridgehead atoms. The van der Waals surface area contributed by atoms with E-state index in [1.165, 1.54) is 13.8 Å². The molecule has 19 heavy (non-hydrogen) atoms. The SMILES string of the molecule is Cc1cc(F)cc(C)c1S(=O)(=O)NCC(=O)C(C)C. The molecule has 6 heteroatoms. The Hall–Kier alpha value is -1.27. The van der Waals surface area contributed by atoms with E-state index in [4.69, 9.17) is 0 Å². The standard InChI is InChI=1S/C13H18FNO3S/c1-8(2)12(16)7-15-19(17,18)13-9(3)5-11(14)6-10(13)4/h5-6,8,15H,7H2,1-4H3. The third-order valence-corrected chi connectivity index (χ3v) is 4.48. The van der Waals surface area contributed by atoms with E-state index in [0.717, 1.165) is 12.1 Å². The van der Waals surface area contributed by atoms with Crippen LogP contribution in [0.2, 0.25) is 0 Å². The maximum absolute atomic E-state index is 13.1. The van der Waals surface area contributed by atoms with Crippen LogP contribution >= 0.6 is 0 Å². The first-order valence-electron chi connectivity index (χ1n) is 5.94. The van der Waals surface area contributed by atoms with Gasteiger partial charge in [-0.1, -0.05) is 13.8 Å². The highest BCUT2D eigenvalue weighted by molar-refractivity contribution is 7.89. The van der Waals surface area contributed by atoms with Gasteiger partial charge in [0.1, 0.15) is 11.6 Å². The molecular formula is C13H18FNO3S. The van der Waals surface area contributed by atoms with E-state index >= 15 is 0 Å². The minimum Gasteiger partial charge on any atom is -0.298 e. The average molecular weight is 287 g/mol. The molecule has 0 amide bonds. The number of ketones is 1. The molecule has 1 rings (SSSR count). The second kappa shape index (κ2) is 5.79. The van der Waals surface area contributed by atoms with E-state index in [1.54, 1.807) is 13.8 Å². The van der Waals surface area contributed by atoms with Gasteiger partial charge < -0.3 is 0 Å². The zero-order valence-electron chi connectivity index (χ0n) is 11.5. The van der Waals surface area contributed by atoms with Crippen molar-refractivity contribution >= 4 is 15.8 Å². The van der Waals surface area contributed by atoms with Gasteiger partial charge in [0.15, 0.2) is 0 Å². The van der Waals surface area contributed by atoms with E-state index in [9.17, 15) is 17.6 Å². The molecule has 0 aliphatic heterocycles. The molecule has 0 saturated carbocycles. The molecule has 106 valence electrons. The third kappa shape index (κ3) is 3.84. The van der Waals surface area contributed by atoms with Crippen molar-refractivity contribution < 1.29 is 17.6 Å². The summed E-state index contributed by atoms with van der Waals surface area (Å²) in [6.45, 7) is 6.19. The molecule has 0 spiro atoms. The van der Waals surface area contributed by atoms with Gasteiger partial charge in [-0.15, -0.1) is 0 Å². The van der Waals surface area contributed by atoms with Crippen molar-refractivity contribution in [3.63, 3.8) is 0 Å². The van der Waals surface area contributed by atoms with Gasteiger partial charge in [-0.3, -0.25) is 4.79 Å². The fraction of sp³-hybridized carbons (Fsp3) is 0.462. The van der Waals surface area contributed by atoms with Crippen LogP contribution in [0.5, 0.6) is 0 Å². The lowest BCUT2D eigenvalue weighted by molar-refractivity contribution is -0.120. The monoisotopic (exact) mass is 287 g/mol. The molecule has 0 saturated heterocycles. The van der Waals surface area contributed by atoms with Crippen LogP contribution < -0.4 is 4.72 Å². The molecule has 1 aromatic rings. The topological polar surface area (TPSA) is 63.2 Å². The Labute approximate surface area is 113 Å². The van der Waals surface area contributed by atoms with Crippen molar-refractivity contribution in [2.75, 3.05) is 6.54 Å². The van der Waals surface area contributed by atoms with Crippen LogP contribution in [0.4, 0.5) is 4.39 Å². The summed E-state index contributed by atoms with van der Waals surface area (Å²) >= 11 is 0. The van der Waals surface area contributed by atoms with Crippen molar-refractivity contribution in [2.45, 2.75) is 32.6 Å². The first kappa shape index (κ1) is 15.8. The summed E-state index contributed by atoms with van der Waals surface area (Å²) in [6, 6.07) is 2.32. The number of hydrogen-bond acceptors (Lipinski definition) is 3. The molecule has 1 N–H and O–H groups in total. The lowest BCUT2D eigenvalue weighted by Crippen LogP contribution is -2.32. The Morgan fingerprint density at radius 3 is 2.16 bits per heavy atom. The number of hydrogen-bond donors (Lipinski definition) is 1. The minimum absolute atomic E-state index is 0.0328. The van der Waals surface area contributed by atoms with E-state index < -0.39 is 15.8 Å². The quantitative estimate of drug-likeness (QED) is 0.900. The van der Waals surface area contributed by atoms with E-state index in [2.05, 4.69) is 4.72 Å². The van der Waals surface area contributed by atoms with Crippen LogP contribution in [0.1, 0.15) is 25.0 Å². The fourth-order valence-corrected chi connectivity index (χ4v) is 3.21. The Bertz CT molecular complexity index is 571. The second-order valence-corrected chi connectivity index (χ2v) is 6.52. The van der Waals surface area contributed by atoms with Gasteiger partial charge in [-0.2, -0.15) is 0 Å². The number of carbonyl (C=O) groups excluding carboxylic acids is 1. The Balaban J connectivity index is 3.05. The second-order valence-electron chi connectivity index (χ2n) is 4.81. The smallest absolute Gasteiger partial charge is 0.241 e. The number of aryl methyl sites for hydroxylation is 2. The van der Waals surface area contributed by atoms with E-state index in [0.29, 0.717) is 11.1 Å². The van der Waals surface area contributed by atoms with Gasteiger partial charge in [-0.05, 0) is 37.1 Å². The van der Waals surface area contributed by atoms with Gasteiger partial charge >= 0.3 is 0 Å². The predicted molar refractivity (Wildman–Crippen MR) is 70.9 cm³/mol. The van der Waals surface area contributed by atoms with Crippen LogP contribution in [0.15, 0.2) is 17.0 Å². The number of Topliss-reactive ketones (excluding diaryl/α,β-unsaturated/α-hetero) is 1. The molecule has 0 radical (unpaired) electrons. The van der Waals surface area contributed by atoms with Gasteiger partial charge in [0.05, 0.1) is 11.4 Å². The molecule has 1 aromatic carbocycles. The summed E-state index contributed by atoms with van der Waals surface area (Å²) in [6.07, 6.45) is 0. The number of rotatable bonds is 5. The number of nitrogens with one attached hydrogen (secondary N) is 1. The molecular weight excluding hydrogens is 269 g/mol. The lowest BCUT2D eigenvalue weighted by Gasteiger charge is -2.12. The van der Waals surface area contributed by atoms with Crippen molar-refractivity contribution in [1.82, 2.24) is 4.72 Å². The third-order valence-electron chi connectivity index (χ3n) is 2.77. The molecule has 4 nitrogen and oxygen atoms in total. The van der Waals surface area contributed by atoms with Crippen molar-refractivity contribution in [1.29, 1.82) is 0 Å². The highest BCUT2D eigenvalue weighted by Gasteiger charge is 2.21. The highest BCUT2D eigenvalue weighted by Crippen LogP contribution is 2.21. The zero-order chi connectivity index (χ0) is 14.8. The van der Waals surface area contributed by atoms with Gasteiger partial charge in [0, 0.05) is 5.92 Å². The Morgan fingerprint density at radius 2 is 1.74 bits per heavy atom. The summed E-state index contributed by atoms with van der Waals surface area (Å²) in [5.74, 6) is -0.911. The maximum Gasteiger partial charge on any atom is 0.241 e. The van der Waals surface area contributed by atoms with Crippen molar-refractivity contribution in [2.24, 2.45) is 5.92 Å². The Kier molecular flexibility index (Phi) is 4.81. The number of halogens is 1. The number of sulfonamides is 1. The molecule has 0 fully saturated rings. The first-order chi connectivity index (χ1) is 8.65. The summed E-state index contributed by atoms with van der Waals surface area (Å²) in [7, 11) is -3.80. The van der Waals surface area contributed by atoms with Crippen molar-refractivity contribution in [3.8, 4) is 0 Å². The van der Waals surface area contributed by atoms with Gasteiger partial charge in [0.2, 0.25) is 10.0 Å². The Morgan fingerprint density at radius 1 is 1.26 bits per heavy atom. The summed E-state index contributed by atoms with van der Waals surface area (Å²) < 4.78 is 39.7. The van der Waals surface area contributed by atoms with Crippen molar-refractivity contribution in [3.05, 3.63) is 29.1 Å². The first-order valence-corrected chi connectivity index (χ1v) is 7.42. The molecule has 0 aromatic heterocycles. The van der Waals surface area contributed by atoms with Gasteiger partial charge in [-0.25, -0.2) is 17.5 Å². The number of benzene rings is 1. The molecule has 0 heterocycles. The fourth-order valence-electron chi connectivity index (χ4n) is 1.76. The minimum atomic E-state index is -3.80. The maximum atomic E-state index is 13.1. The summed E-state index contributed by atoms with van der Waals surface area (Å²) in [5.41, 5.74) is 0.643. The van der Waals surface area contributed by atoms with Crippen LogP contribution in [0.25, 0.3) is 0 Å². The predicted octanol–water partition coefficient (Wildman–Crippen LogP) is 1.95. The summed E-state index contributed by atoms with van der Waals surface area (Å²) in [4.78, 5) is 11.5. The van der Waals surface area contributed by atoms with Gasteiger partial charge in [0.25, 0.3) is 0 Å². The van der Waals surface area contributed by atoms with Crippen LogP contribution in [0.3, 0.4) is 0 Å². The van der Waals surface area contributed by atoms with Crippen LogP contribution in [0, 0.1) is 25.6 Å². The summed E-state index contributed by atoms with van der Waals surface area (Å²) in [5, 5.41) is 0. The van der Waals surface area contributed by atoms with E-state index in [-0.39, 0.29) is 23.1 Å². The number of carbonyl (C=O) groups is 1. The lowest BCUT2D eigenvalue weighted by atomic mass is 10.1. The molecule has 0 atom stereocenters. The molecule has 0 aliphatic rings. The molecule has 0 unspecified atom stereocenters. The zero-order valence-corrected chi connectivity index (χ0v) is 12.3. The van der Waals surface area contributed by atoms with Crippen LogP contribution in [-0.4, -0.2) is 20.7 Å². The molecule has 0 aliphatic carbocycles. The largest absolute Gasteiger partial charge is 0.298 e. The van der Waals surface area contributed by atoms with Crippen LogP contribution in [-0.2, 0) is 14.8 Å². The highest BCUT2D eigenvalue weighted by atomic mass is 32.2. The average Bonchev–Trinajstić information content (AvgIpc) is 2.23. The van der Waals surface area contributed by atoms with E-state index in [1.807, 2.05) is 0 Å².